The van der Waals surface area contributed by atoms with E-state index in [2.05, 4.69) is 5.10 Å². The molecule has 1 heterocycles. The van der Waals surface area contributed by atoms with Gasteiger partial charge in [-0.25, -0.2) is 0 Å². The minimum Gasteiger partial charge on any atom is -0.487 e. The molecule has 4 heteroatoms. The first-order chi connectivity index (χ1) is 8.56. The molecule has 0 fully saturated rings. The van der Waals surface area contributed by atoms with Crippen molar-refractivity contribution < 1.29 is 9.84 Å². The van der Waals surface area contributed by atoms with Crippen molar-refractivity contribution in [1.82, 2.24) is 9.78 Å². The first-order valence-electron chi connectivity index (χ1n) is 5.96. The standard InChI is InChI=1S/C14H18N2O2/c1-10-4-5-14(13(8-10)11(2)17)18-9-12-6-7-16(3)15-12/h4-8,11,17H,9H2,1-3H3/t11-/m1/s1. The van der Waals surface area contributed by atoms with Gasteiger partial charge >= 0.3 is 0 Å². The average molecular weight is 246 g/mol. The molecule has 0 bridgehead atoms. The molecular formula is C14H18N2O2. The van der Waals surface area contributed by atoms with Crippen molar-refractivity contribution in [1.29, 1.82) is 0 Å². The number of aliphatic hydroxyl groups excluding tert-OH is 1. The molecular weight excluding hydrogens is 228 g/mol. The Bertz CT molecular complexity index is 532. The first-order valence-corrected chi connectivity index (χ1v) is 5.96. The van der Waals surface area contributed by atoms with Crippen LogP contribution in [-0.2, 0) is 13.7 Å². The van der Waals surface area contributed by atoms with Crippen LogP contribution in [0.1, 0.15) is 29.8 Å². The second-order valence-corrected chi connectivity index (χ2v) is 4.49. The summed E-state index contributed by atoms with van der Waals surface area (Å²) in [4.78, 5) is 0. The van der Waals surface area contributed by atoms with Crippen LogP contribution in [-0.4, -0.2) is 14.9 Å². The Balaban J connectivity index is 2.13. The molecule has 0 aliphatic heterocycles. The molecule has 0 spiro atoms. The second-order valence-electron chi connectivity index (χ2n) is 4.49. The third kappa shape index (κ3) is 2.90. The van der Waals surface area contributed by atoms with Crippen molar-refractivity contribution >= 4 is 0 Å². The summed E-state index contributed by atoms with van der Waals surface area (Å²) in [6.45, 7) is 4.14. The first kappa shape index (κ1) is 12.6. The van der Waals surface area contributed by atoms with Gasteiger partial charge in [0, 0.05) is 18.8 Å². The Morgan fingerprint density at radius 2 is 2.17 bits per heavy atom. The molecule has 1 atom stereocenters. The van der Waals surface area contributed by atoms with Gasteiger partial charge < -0.3 is 9.84 Å². The van der Waals surface area contributed by atoms with Crippen molar-refractivity contribution in [3.05, 3.63) is 47.3 Å². The fourth-order valence-corrected chi connectivity index (χ4v) is 1.82. The van der Waals surface area contributed by atoms with E-state index in [0.29, 0.717) is 12.4 Å². The maximum absolute atomic E-state index is 9.73. The Hall–Kier alpha value is -1.81. The van der Waals surface area contributed by atoms with Crippen molar-refractivity contribution in [3.63, 3.8) is 0 Å². The molecule has 1 N–H and O–H groups in total. The normalized spacial score (nSPS) is 12.4. The van der Waals surface area contributed by atoms with E-state index >= 15 is 0 Å². The van der Waals surface area contributed by atoms with Crippen LogP contribution in [0.4, 0.5) is 0 Å². The van der Waals surface area contributed by atoms with Gasteiger partial charge in [0.1, 0.15) is 12.4 Å². The fourth-order valence-electron chi connectivity index (χ4n) is 1.82. The number of hydrogen-bond acceptors (Lipinski definition) is 3. The zero-order valence-corrected chi connectivity index (χ0v) is 10.9. The number of aliphatic hydroxyl groups is 1. The second kappa shape index (κ2) is 5.23. The predicted molar refractivity (Wildman–Crippen MR) is 69.4 cm³/mol. The number of hydrogen-bond donors (Lipinski definition) is 1. The van der Waals surface area contributed by atoms with E-state index in [1.165, 1.54) is 0 Å². The van der Waals surface area contributed by atoms with Crippen molar-refractivity contribution in [2.24, 2.45) is 7.05 Å². The molecule has 4 nitrogen and oxygen atoms in total. The Morgan fingerprint density at radius 1 is 1.39 bits per heavy atom. The van der Waals surface area contributed by atoms with E-state index in [1.54, 1.807) is 11.6 Å². The van der Waals surface area contributed by atoms with E-state index in [0.717, 1.165) is 16.8 Å². The van der Waals surface area contributed by atoms with Gasteiger partial charge in [0.15, 0.2) is 0 Å². The molecule has 1 aromatic heterocycles. The highest BCUT2D eigenvalue weighted by molar-refractivity contribution is 5.38. The quantitative estimate of drug-likeness (QED) is 0.900. The Morgan fingerprint density at radius 3 is 2.78 bits per heavy atom. The van der Waals surface area contributed by atoms with Gasteiger partial charge in [-0.2, -0.15) is 5.10 Å². The van der Waals surface area contributed by atoms with Gasteiger partial charge in [-0.1, -0.05) is 11.6 Å². The zero-order chi connectivity index (χ0) is 13.1. The molecule has 1 aromatic carbocycles. The predicted octanol–water partition coefficient (Wildman–Crippen LogP) is 2.36. The molecule has 0 aliphatic rings. The summed E-state index contributed by atoms with van der Waals surface area (Å²) < 4.78 is 7.46. The molecule has 0 aliphatic carbocycles. The third-order valence-electron chi connectivity index (χ3n) is 2.76. The highest BCUT2D eigenvalue weighted by Gasteiger charge is 2.10. The van der Waals surface area contributed by atoms with E-state index in [1.807, 2.05) is 44.4 Å². The molecule has 18 heavy (non-hydrogen) atoms. The van der Waals surface area contributed by atoms with Crippen LogP contribution in [0.25, 0.3) is 0 Å². The number of aryl methyl sites for hydroxylation is 2. The van der Waals surface area contributed by atoms with Crippen molar-refractivity contribution in [2.75, 3.05) is 0 Å². The largest absolute Gasteiger partial charge is 0.487 e. The maximum Gasteiger partial charge on any atom is 0.132 e. The monoisotopic (exact) mass is 246 g/mol. The van der Waals surface area contributed by atoms with E-state index in [4.69, 9.17) is 4.74 Å². The molecule has 0 radical (unpaired) electrons. The van der Waals surface area contributed by atoms with Gasteiger partial charge in [-0.3, -0.25) is 4.68 Å². The van der Waals surface area contributed by atoms with Crippen LogP contribution < -0.4 is 4.74 Å². The summed E-state index contributed by atoms with van der Waals surface area (Å²) in [5.74, 6) is 0.709. The van der Waals surface area contributed by atoms with Gasteiger partial charge in [-0.15, -0.1) is 0 Å². The van der Waals surface area contributed by atoms with Crippen LogP contribution in [0, 0.1) is 6.92 Å². The molecule has 0 amide bonds. The van der Waals surface area contributed by atoms with E-state index < -0.39 is 6.10 Å². The summed E-state index contributed by atoms with van der Waals surface area (Å²) in [6, 6.07) is 7.72. The maximum atomic E-state index is 9.73. The third-order valence-corrected chi connectivity index (χ3v) is 2.76. The molecule has 0 unspecified atom stereocenters. The molecule has 0 saturated heterocycles. The highest BCUT2D eigenvalue weighted by atomic mass is 16.5. The number of ether oxygens (including phenoxy) is 1. The van der Waals surface area contributed by atoms with Crippen LogP contribution in [0.2, 0.25) is 0 Å². The topological polar surface area (TPSA) is 47.3 Å². The Labute approximate surface area is 107 Å². The number of rotatable bonds is 4. The van der Waals surface area contributed by atoms with Gasteiger partial charge in [0.05, 0.1) is 11.8 Å². The van der Waals surface area contributed by atoms with Gasteiger partial charge in [0.25, 0.3) is 0 Å². The molecule has 2 rings (SSSR count). The lowest BCUT2D eigenvalue weighted by Crippen LogP contribution is -2.02. The summed E-state index contributed by atoms with van der Waals surface area (Å²) in [5.41, 5.74) is 2.79. The minimum atomic E-state index is -0.538. The highest BCUT2D eigenvalue weighted by Crippen LogP contribution is 2.26. The number of benzene rings is 1. The Kier molecular flexibility index (Phi) is 3.67. The number of aromatic nitrogens is 2. The van der Waals surface area contributed by atoms with Crippen LogP contribution in [0.3, 0.4) is 0 Å². The zero-order valence-electron chi connectivity index (χ0n) is 10.9. The number of nitrogens with zero attached hydrogens (tertiary/aromatic N) is 2. The van der Waals surface area contributed by atoms with Crippen molar-refractivity contribution in [2.45, 2.75) is 26.6 Å². The molecule has 96 valence electrons. The summed E-state index contributed by atoms with van der Waals surface area (Å²) in [7, 11) is 1.87. The van der Waals surface area contributed by atoms with Crippen molar-refractivity contribution in [3.8, 4) is 5.75 Å². The average Bonchev–Trinajstić information content (AvgIpc) is 2.73. The van der Waals surface area contributed by atoms with Crippen LogP contribution >= 0.6 is 0 Å². The summed E-state index contributed by atoms with van der Waals surface area (Å²) in [5, 5.41) is 14.0. The lowest BCUT2D eigenvalue weighted by molar-refractivity contribution is 0.189. The minimum absolute atomic E-state index is 0.406. The lowest BCUT2D eigenvalue weighted by Gasteiger charge is -2.13. The van der Waals surface area contributed by atoms with Gasteiger partial charge in [0.2, 0.25) is 0 Å². The summed E-state index contributed by atoms with van der Waals surface area (Å²) >= 11 is 0. The van der Waals surface area contributed by atoms with Crippen LogP contribution in [0.15, 0.2) is 30.5 Å². The molecule has 2 aromatic rings. The van der Waals surface area contributed by atoms with Crippen LogP contribution in [0.5, 0.6) is 5.75 Å². The SMILES string of the molecule is Cc1ccc(OCc2ccn(C)n2)c([C@@H](C)O)c1. The summed E-state index contributed by atoms with van der Waals surface area (Å²) in [6.07, 6.45) is 1.34. The fraction of sp³-hybridized carbons (Fsp3) is 0.357. The van der Waals surface area contributed by atoms with E-state index in [-0.39, 0.29) is 0 Å². The van der Waals surface area contributed by atoms with Gasteiger partial charge in [-0.05, 0) is 32.0 Å². The lowest BCUT2D eigenvalue weighted by atomic mass is 10.1. The molecule has 0 saturated carbocycles. The smallest absolute Gasteiger partial charge is 0.132 e. The van der Waals surface area contributed by atoms with E-state index in [9.17, 15) is 5.11 Å².